The van der Waals surface area contributed by atoms with Crippen molar-refractivity contribution in [3.8, 4) is 0 Å². The third-order valence-electron chi connectivity index (χ3n) is 3.73. The molecular weight excluding hydrogens is 256 g/mol. The number of hydrogen-bond acceptors (Lipinski definition) is 3. The number of aliphatic hydroxyl groups excluding tert-OH is 1. The van der Waals surface area contributed by atoms with Gasteiger partial charge in [-0.2, -0.15) is 0 Å². The molecule has 19 heavy (non-hydrogen) atoms. The lowest BCUT2D eigenvalue weighted by Gasteiger charge is -2.29. The van der Waals surface area contributed by atoms with Gasteiger partial charge in [0.25, 0.3) is 0 Å². The molecule has 0 aromatic heterocycles. The number of ether oxygens (including phenoxy) is 1. The van der Waals surface area contributed by atoms with E-state index in [9.17, 15) is 5.11 Å². The van der Waals surface area contributed by atoms with Gasteiger partial charge in [0.1, 0.15) is 0 Å². The van der Waals surface area contributed by atoms with Crippen LogP contribution in [0.1, 0.15) is 40.0 Å². The van der Waals surface area contributed by atoms with E-state index in [-0.39, 0.29) is 17.3 Å². The average molecular weight is 280 g/mol. The molecule has 1 fully saturated rings. The summed E-state index contributed by atoms with van der Waals surface area (Å²) < 4.78 is 6.04. The van der Waals surface area contributed by atoms with E-state index in [4.69, 9.17) is 4.74 Å². The first-order chi connectivity index (χ1) is 8.91. The molecule has 0 aliphatic carbocycles. The summed E-state index contributed by atoms with van der Waals surface area (Å²) in [6.45, 7) is 6.15. The van der Waals surface area contributed by atoms with Gasteiger partial charge in [0.05, 0.1) is 17.3 Å². The summed E-state index contributed by atoms with van der Waals surface area (Å²) in [5, 5.41) is 10.2. The van der Waals surface area contributed by atoms with Crippen LogP contribution in [0.3, 0.4) is 0 Å². The molecule has 2 nitrogen and oxygen atoms in total. The number of hydrogen-bond donors (Lipinski definition) is 1. The van der Waals surface area contributed by atoms with Gasteiger partial charge in [0, 0.05) is 11.3 Å². The van der Waals surface area contributed by atoms with Crippen molar-refractivity contribution in [1.29, 1.82) is 0 Å². The summed E-state index contributed by atoms with van der Waals surface area (Å²) in [5.41, 5.74) is -0.568. The van der Waals surface area contributed by atoms with E-state index in [1.54, 1.807) is 0 Å². The molecule has 2 atom stereocenters. The molecule has 3 heteroatoms. The van der Waals surface area contributed by atoms with Crippen molar-refractivity contribution in [3.63, 3.8) is 0 Å². The molecule has 0 spiro atoms. The van der Waals surface area contributed by atoms with E-state index in [1.165, 1.54) is 4.90 Å². The molecule has 0 radical (unpaired) electrons. The zero-order valence-corrected chi connectivity index (χ0v) is 12.9. The maximum atomic E-state index is 10.2. The molecule has 0 bridgehead atoms. The van der Waals surface area contributed by atoms with Crippen molar-refractivity contribution in [2.45, 2.75) is 62.2 Å². The second-order valence-corrected chi connectivity index (χ2v) is 7.33. The van der Waals surface area contributed by atoms with Gasteiger partial charge < -0.3 is 9.84 Å². The Morgan fingerprint density at radius 2 is 1.95 bits per heavy atom. The highest BCUT2D eigenvalue weighted by Crippen LogP contribution is 2.40. The van der Waals surface area contributed by atoms with Crippen LogP contribution in [0.4, 0.5) is 0 Å². The van der Waals surface area contributed by atoms with E-state index < -0.39 is 0 Å². The predicted octanol–water partition coefficient (Wildman–Crippen LogP) is 3.88. The Hall–Kier alpha value is -0.510. The molecular formula is C16H24O2S. The van der Waals surface area contributed by atoms with Crippen LogP contribution in [0.15, 0.2) is 35.2 Å². The van der Waals surface area contributed by atoms with E-state index in [0.29, 0.717) is 0 Å². The smallest absolute Gasteiger partial charge is 0.0920 e. The molecule has 1 N–H and O–H groups in total. The lowest BCUT2D eigenvalue weighted by molar-refractivity contribution is -0.105. The zero-order chi connectivity index (χ0) is 13.9. The van der Waals surface area contributed by atoms with E-state index >= 15 is 0 Å². The summed E-state index contributed by atoms with van der Waals surface area (Å²) in [6, 6.07) is 10.4. The number of rotatable bonds is 5. The molecule has 106 valence electrons. The van der Waals surface area contributed by atoms with Crippen molar-refractivity contribution in [1.82, 2.24) is 0 Å². The van der Waals surface area contributed by atoms with Crippen LogP contribution in [-0.4, -0.2) is 28.2 Å². The topological polar surface area (TPSA) is 29.5 Å². The fraction of sp³-hybridized carbons (Fsp3) is 0.625. The minimum atomic E-state index is -0.374. The van der Waals surface area contributed by atoms with Gasteiger partial charge in [-0.25, -0.2) is 0 Å². The minimum absolute atomic E-state index is 0.194. The molecule has 0 saturated carbocycles. The van der Waals surface area contributed by atoms with Gasteiger partial charge in [-0.15, -0.1) is 11.8 Å². The molecule has 1 aliphatic rings. The SMILES string of the molecule is CC1(C)C[C@@H](O)[C@@](C)(CCCSc2ccccc2)O1. The van der Waals surface area contributed by atoms with Gasteiger partial charge in [0.15, 0.2) is 0 Å². The van der Waals surface area contributed by atoms with Crippen molar-refractivity contribution >= 4 is 11.8 Å². The van der Waals surface area contributed by atoms with Crippen molar-refractivity contribution < 1.29 is 9.84 Å². The monoisotopic (exact) mass is 280 g/mol. The second kappa shape index (κ2) is 5.86. The van der Waals surface area contributed by atoms with E-state index in [2.05, 4.69) is 38.1 Å². The Morgan fingerprint density at radius 1 is 1.26 bits per heavy atom. The number of thioether (sulfide) groups is 1. The van der Waals surface area contributed by atoms with Crippen molar-refractivity contribution in [2.75, 3.05) is 5.75 Å². The fourth-order valence-electron chi connectivity index (χ4n) is 2.77. The maximum Gasteiger partial charge on any atom is 0.0920 e. The molecule has 1 saturated heterocycles. The van der Waals surface area contributed by atoms with Gasteiger partial charge >= 0.3 is 0 Å². The quantitative estimate of drug-likeness (QED) is 0.655. The first kappa shape index (κ1) is 14.9. The van der Waals surface area contributed by atoms with Gasteiger partial charge in [-0.1, -0.05) is 18.2 Å². The summed E-state index contributed by atoms with van der Waals surface area (Å²) >= 11 is 1.87. The summed E-state index contributed by atoms with van der Waals surface area (Å²) in [5.74, 6) is 1.07. The molecule has 1 aliphatic heterocycles. The van der Waals surface area contributed by atoms with Crippen LogP contribution >= 0.6 is 11.8 Å². The lowest BCUT2D eigenvalue weighted by Crippen LogP contribution is -2.36. The summed E-state index contributed by atoms with van der Waals surface area (Å²) in [7, 11) is 0. The predicted molar refractivity (Wildman–Crippen MR) is 80.6 cm³/mol. The highest BCUT2D eigenvalue weighted by molar-refractivity contribution is 7.99. The van der Waals surface area contributed by atoms with Crippen LogP contribution in [0, 0.1) is 0 Å². The summed E-state index contributed by atoms with van der Waals surface area (Å²) in [4.78, 5) is 1.31. The molecule has 0 unspecified atom stereocenters. The number of aliphatic hydroxyl groups is 1. The average Bonchev–Trinajstić information content (AvgIpc) is 2.55. The van der Waals surface area contributed by atoms with Crippen LogP contribution in [-0.2, 0) is 4.74 Å². The van der Waals surface area contributed by atoms with E-state index in [0.717, 1.165) is 25.0 Å². The van der Waals surface area contributed by atoms with Crippen LogP contribution < -0.4 is 0 Å². The molecule has 0 amide bonds. The maximum absolute atomic E-state index is 10.2. The minimum Gasteiger partial charge on any atom is -0.390 e. The molecule has 2 rings (SSSR count). The van der Waals surface area contributed by atoms with Gasteiger partial charge in [0.2, 0.25) is 0 Å². The van der Waals surface area contributed by atoms with Crippen LogP contribution in [0.2, 0.25) is 0 Å². The fourth-order valence-corrected chi connectivity index (χ4v) is 3.64. The van der Waals surface area contributed by atoms with Crippen molar-refractivity contribution in [3.05, 3.63) is 30.3 Å². The first-order valence-corrected chi connectivity index (χ1v) is 7.96. The first-order valence-electron chi connectivity index (χ1n) is 6.97. The Morgan fingerprint density at radius 3 is 2.53 bits per heavy atom. The van der Waals surface area contributed by atoms with Crippen LogP contribution in [0.5, 0.6) is 0 Å². The highest BCUT2D eigenvalue weighted by atomic mass is 32.2. The van der Waals surface area contributed by atoms with Gasteiger partial charge in [-0.05, 0) is 51.5 Å². The summed E-state index contributed by atoms with van der Waals surface area (Å²) in [6.07, 6.45) is 2.36. The molecule has 1 aromatic carbocycles. The third-order valence-corrected chi connectivity index (χ3v) is 4.83. The van der Waals surface area contributed by atoms with E-state index in [1.807, 2.05) is 24.8 Å². The molecule has 1 aromatic rings. The third kappa shape index (κ3) is 3.98. The standard InChI is InChI=1S/C16H24O2S/c1-15(2)12-14(17)16(3,18-15)10-7-11-19-13-8-5-4-6-9-13/h4-6,8-9,14,17H,7,10-12H2,1-3H3/t14-,16-/m1/s1. The second-order valence-electron chi connectivity index (χ2n) is 6.16. The van der Waals surface area contributed by atoms with Crippen LogP contribution in [0.25, 0.3) is 0 Å². The normalized spacial score (nSPS) is 29.6. The molecule has 1 heterocycles. The zero-order valence-electron chi connectivity index (χ0n) is 12.1. The van der Waals surface area contributed by atoms with Gasteiger partial charge in [-0.3, -0.25) is 0 Å². The van der Waals surface area contributed by atoms with Crippen molar-refractivity contribution in [2.24, 2.45) is 0 Å². The lowest BCUT2D eigenvalue weighted by atomic mass is 9.92. The highest BCUT2D eigenvalue weighted by Gasteiger charge is 2.47. The Kier molecular flexibility index (Phi) is 4.59. The Bertz CT molecular complexity index is 404. The largest absolute Gasteiger partial charge is 0.390 e. The number of benzene rings is 1. The Balaban J connectivity index is 1.77. The Labute approximate surface area is 120 Å².